The van der Waals surface area contributed by atoms with Gasteiger partial charge in [-0.15, -0.1) is 0 Å². The summed E-state index contributed by atoms with van der Waals surface area (Å²) >= 11 is 0. The number of hydrogen-bond donors (Lipinski definition) is 1. The highest BCUT2D eigenvalue weighted by Gasteiger charge is 2.37. The average Bonchev–Trinajstić information content (AvgIpc) is 2.70. The Balaban J connectivity index is 2.35. The van der Waals surface area contributed by atoms with E-state index in [4.69, 9.17) is 4.74 Å². The van der Waals surface area contributed by atoms with Crippen molar-refractivity contribution >= 4 is 21.1 Å². The predicted molar refractivity (Wildman–Crippen MR) is 69.2 cm³/mol. The van der Waals surface area contributed by atoms with E-state index in [1.807, 2.05) is 13.0 Å². The van der Waals surface area contributed by atoms with Crippen LogP contribution in [-0.4, -0.2) is 43.0 Å². The highest BCUT2D eigenvalue weighted by atomic mass is 32.2. The molecule has 98 valence electrons. The smallest absolute Gasteiger partial charge is 0.218 e. The molecule has 1 unspecified atom stereocenters. The third-order valence-electron chi connectivity index (χ3n) is 3.03. The molecular formula is C12H15NO4S. The van der Waals surface area contributed by atoms with E-state index in [0.29, 0.717) is 5.90 Å². The SMILES string of the molecule is CC1=CC(=S(=O)=O)C([C@H]2OC(C)=N[C@@H]2CO)C=C1. The first-order valence-electron chi connectivity index (χ1n) is 5.67. The number of ether oxygens (including phenoxy) is 1. The lowest BCUT2D eigenvalue weighted by molar-refractivity contribution is 0.135. The van der Waals surface area contributed by atoms with Crippen LogP contribution in [-0.2, 0) is 15.0 Å². The fraction of sp³-hybridized carbons (Fsp3) is 0.500. The summed E-state index contributed by atoms with van der Waals surface area (Å²) in [5.41, 5.74) is 0.877. The summed E-state index contributed by atoms with van der Waals surface area (Å²) < 4.78 is 28.1. The Labute approximate surface area is 107 Å². The molecule has 2 aliphatic rings. The van der Waals surface area contributed by atoms with Crippen molar-refractivity contribution in [3.63, 3.8) is 0 Å². The van der Waals surface area contributed by atoms with Crippen LogP contribution in [0.5, 0.6) is 0 Å². The van der Waals surface area contributed by atoms with Gasteiger partial charge in [0, 0.05) is 6.92 Å². The molecule has 0 aromatic carbocycles. The van der Waals surface area contributed by atoms with Gasteiger partial charge in [0.25, 0.3) is 0 Å². The van der Waals surface area contributed by atoms with Crippen molar-refractivity contribution < 1.29 is 18.3 Å². The van der Waals surface area contributed by atoms with Crippen molar-refractivity contribution in [1.29, 1.82) is 0 Å². The predicted octanol–water partition coefficient (Wildman–Crippen LogP) is 0.348. The van der Waals surface area contributed by atoms with E-state index < -0.39 is 28.4 Å². The van der Waals surface area contributed by atoms with E-state index in [1.54, 1.807) is 19.1 Å². The van der Waals surface area contributed by atoms with Gasteiger partial charge in [-0.25, -0.2) is 4.99 Å². The Bertz CT molecular complexity index is 563. The second kappa shape index (κ2) is 5.07. The summed E-state index contributed by atoms with van der Waals surface area (Å²) in [5.74, 6) is 0.0835. The van der Waals surface area contributed by atoms with Crippen molar-refractivity contribution in [3.8, 4) is 0 Å². The van der Waals surface area contributed by atoms with Crippen LogP contribution in [0.1, 0.15) is 13.8 Å². The average molecular weight is 269 g/mol. The molecule has 0 fully saturated rings. The maximum atomic E-state index is 11.3. The van der Waals surface area contributed by atoms with Gasteiger partial charge in [0.1, 0.15) is 12.1 Å². The lowest BCUT2D eigenvalue weighted by Gasteiger charge is -2.25. The van der Waals surface area contributed by atoms with Crippen LogP contribution in [0.25, 0.3) is 0 Å². The first kappa shape index (κ1) is 13.0. The minimum Gasteiger partial charge on any atom is -0.475 e. The molecule has 1 aliphatic carbocycles. The van der Waals surface area contributed by atoms with Crippen LogP contribution in [0.15, 0.2) is 28.8 Å². The van der Waals surface area contributed by atoms with E-state index >= 15 is 0 Å². The van der Waals surface area contributed by atoms with Crippen LogP contribution in [0.2, 0.25) is 0 Å². The number of aliphatic hydroxyl groups is 1. The van der Waals surface area contributed by atoms with E-state index in [1.165, 1.54) is 0 Å². The largest absolute Gasteiger partial charge is 0.475 e. The molecule has 5 nitrogen and oxygen atoms in total. The van der Waals surface area contributed by atoms with Crippen molar-refractivity contribution in [2.75, 3.05) is 6.61 Å². The standard InChI is InChI=1S/C12H15NO4S/c1-7-3-4-9(11(5-7)18(15)16)12-10(6-14)13-8(2)17-12/h3-5,9-10,12,14H,6H2,1-2H3/t9?,10-,12-/m1/s1. The highest BCUT2D eigenvalue weighted by molar-refractivity contribution is 7.73. The summed E-state index contributed by atoms with van der Waals surface area (Å²) in [5, 5.41) is 9.27. The van der Waals surface area contributed by atoms with Crippen LogP contribution >= 0.6 is 0 Å². The van der Waals surface area contributed by atoms with Gasteiger partial charge in [0.15, 0.2) is 5.90 Å². The summed E-state index contributed by atoms with van der Waals surface area (Å²) in [7, 11) is -2.30. The van der Waals surface area contributed by atoms with E-state index in [-0.39, 0.29) is 11.5 Å². The van der Waals surface area contributed by atoms with Gasteiger partial charge < -0.3 is 9.84 Å². The molecular weight excluding hydrogens is 254 g/mol. The molecule has 0 saturated heterocycles. The first-order chi connectivity index (χ1) is 8.52. The van der Waals surface area contributed by atoms with Gasteiger partial charge in [0.05, 0.1) is 17.4 Å². The number of hydrogen-bond acceptors (Lipinski definition) is 5. The monoisotopic (exact) mass is 269 g/mol. The Morgan fingerprint density at radius 3 is 2.78 bits per heavy atom. The minimum absolute atomic E-state index is 0.159. The van der Waals surface area contributed by atoms with Crippen molar-refractivity contribution in [3.05, 3.63) is 23.8 Å². The summed E-state index contributed by atoms with van der Waals surface area (Å²) in [6, 6.07) is -0.412. The van der Waals surface area contributed by atoms with Crippen LogP contribution < -0.4 is 0 Å². The Morgan fingerprint density at radius 1 is 1.44 bits per heavy atom. The number of rotatable bonds is 2. The summed E-state index contributed by atoms with van der Waals surface area (Å²) in [4.78, 5) is 4.43. The van der Waals surface area contributed by atoms with E-state index in [0.717, 1.165) is 5.57 Å². The van der Waals surface area contributed by atoms with Gasteiger partial charge in [-0.05, 0) is 13.0 Å². The molecule has 0 bridgehead atoms. The van der Waals surface area contributed by atoms with Crippen LogP contribution in [0, 0.1) is 5.92 Å². The summed E-state index contributed by atoms with van der Waals surface area (Å²) in [6.07, 6.45) is 4.82. The molecule has 1 N–H and O–H groups in total. The summed E-state index contributed by atoms with van der Waals surface area (Å²) in [6.45, 7) is 3.37. The molecule has 1 heterocycles. The van der Waals surface area contributed by atoms with Gasteiger partial charge in [-0.3, -0.25) is 0 Å². The zero-order chi connectivity index (χ0) is 13.3. The molecule has 2 rings (SSSR count). The topological polar surface area (TPSA) is 76.0 Å². The number of aliphatic imine (C=N–C) groups is 1. The maximum absolute atomic E-state index is 11.3. The molecule has 0 spiro atoms. The van der Waals surface area contributed by atoms with Gasteiger partial charge >= 0.3 is 0 Å². The maximum Gasteiger partial charge on any atom is 0.218 e. The Morgan fingerprint density at radius 2 is 2.17 bits per heavy atom. The molecule has 0 amide bonds. The Kier molecular flexibility index (Phi) is 3.68. The van der Waals surface area contributed by atoms with Crippen molar-refractivity contribution in [2.45, 2.75) is 26.0 Å². The minimum atomic E-state index is -2.30. The molecule has 0 radical (unpaired) electrons. The zero-order valence-electron chi connectivity index (χ0n) is 10.2. The molecule has 0 aromatic rings. The second-order valence-corrected chi connectivity index (χ2v) is 5.33. The van der Waals surface area contributed by atoms with Crippen molar-refractivity contribution in [2.24, 2.45) is 10.9 Å². The molecule has 18 heavy (non-hydrogen) atoms. The third-order valence-corrected chi connectivity index (χ3v) is 3.81. The molecule has 3 atom stereocenters. The highest BCUT2D eigenvalue weighted by Crippen LogP contribution is 2.26. The molecule has 0 saturated carbocycles. The number of aliphatic hydroxyl groups excluding tert-OH is 1. The van der Waals surface area contributed by atoms with Crippen LogP contribution in [0.4, 0.5) is 0 Å². The molecule has 0 aromatic heterocycles. The zero-order valence-corrected chi connectivity index (χ0v) is 11.0. The van der Waals surface area contributed by atoms with Gasteiger partial charge in [0.2, 0.25) is 10.3 Å². The second-order valence-electron chi connectivity index (χ2n) is 4.39. The molecule has 6 heteroatoms. The van der Waals surface area contributed by atoms with Gasteiger partial charge in [-0.2, -0.15) is 8.42 Å². The molecule has 1 aliphatic heterocycles. The quantitative estimate of drug-likeness (QED) is 0.734. The van der Waals surface area contributed by atoms with E-state index in [2.05, 4.69) is 4.99 Å². The third kappa shape index (κ3) is 2.39. The normalized spacial score (nSPS) is 30.8. The fourth-order valence-corrected chi connectivity index (χ4v) is 2.94. The first-order valence-corrected chi connectivity index (χ1v) is 6.75. The lowest BCUT2D eigenvalue weighted by atomic mass is 9.89. The van der Waals surface area contributed by atoms with Crippen LogP contribution in [0.3, 0.4) is 0 Å². The van der Waals surface area contributed by atoms with Crippen molar-refractivity contribution in [1.82, 2.24) is 0 Å². The van der Waals surface area contributed by atoms with Gasteiger partial charge in [-0.1, -0.05) is 17.7 Å². The Hall–Kier alpha value is -1.40. The number of allylic oxidation sites excluding steroid dienone is 3. The lowest BCUT2D eigenvalue weighted by Crippen LogP contribution is -2.37. The number of nitrogens with zero attached hydrogens (tertiary/aromatic N) is 1. The fourth-order valence-electron chi connectivity index (χ4n) is 2.22. The van der Waals surface area contributed by atoms with E-state index in [9.17, 15) is 13.5 Å².